The Balaban J connectivity index is 2.07. The van der Waals surface area contributed by atoms with Gasteiger partial charge >= 0.3 is 0 Å². The molecule has 0 spiro atoms. The van der Waals surface area contributed by atoms with Crippen molar-refractivity contribution >= 4 is 11.6 Å². The van der Waals surface area contributed by atoms with E-state index >= 15 is 0 Å². The van der Waals surface area contributed by atoms with Crippen molar-refractivity contribution in [1.29, 1.82) is 0 Å². The number of piperazine rings is 1. The third-order valence-electron chi connectivity index (χ3n) is 2.87. The number of amides is 1. The summed E-state index contributed by atoms with van der Waals surface area (Å²) in [5, 5.41) is 20.9. The van der Waals surface area contributed by atoms with Crippen molar-refractivity contribution < 1.29 is 14.9 Å². The Morgan fingerprint density at radius 1 is 1.17 bits per heavy atom. The summed E-state index contributed by atoms with van der Waals surface area (Å²) in [6, 6.07) is 5.53. The maximum atomic E-state index is 12.0. The third-order valence-corrected chi connectivity index (χ3v) is 2.87. The minimum atomic E-state index is -0.501. The molecule has 0 radical (unpaired) electrons. The fraction of sp³-hybridized carbons (Fsp3) is 0.364. The average Bonchev–Trinajstić information content (AvgIpc) is 2.39. The molecule has 0 bridgehead atoms. The largest absolute Gasteiger partial charge is 0.336 e. The van der Waals surface area contributed by atoms with Crippen molar-refractivity contribution in [3.05, 3.63) is 39.9 Å². The standard InChI is InChI=1S/C11H13N3O4/c15-11(12-5-7-13(16)8-6-12)9-1-3-10(4-2-9)14(17)18/h1-4,16H,5-8H2. The van der Waals surface area contributed by atoms with Crippen LogP contribution in [0.2, 0.25) is 0 Å². The summed E-state index contributed by atoms with van der Waals surface area (Å²) in [6.45, 7) is 1.73. The molecule has 0 atom stereocenters. The van der Waals surface area contributed by atoms with Crippen LogP contribution in [0, 0.1) is 10.1 Å². The third kappa shape index (κ3) is 2.63. The first kappa shape index (κ1) is 12.5. The van der Waals surface area contributed by atoms with Gasteiger partial charge in [-0.2, -0.15) is 5.06 Å². The van der Waals surface area contributed by atoms with Gasteiger partial charge in [0.2, 0.25) is 0 Å². The summed E-state index contributed by atoms with van der Waals surface area (Å²) in [5.41, 5.74) is 0.388. The van der Waals surface area contributed by atoms with E-state index < -0.39 is 4.92 Å². The van der Waals surface area contributed by atoms with Crippen LogP contribution in [0.5, 0.6) is 0 Å². The number of nitrogens with zero attached hydrogens (tertiary/aromatic N) is 3. The first-order chi connectivity index (χ1) is 8.58. The van der Waals surface area contributed by atoms with Crippen LogP contribution in [-0.4, -0.2) is 52.2 Å². The van der Waals surface area contributed by atoms with Crippen LogP contribution in [0.15, 0.2) is 24.3 Å². The Kier molecular flexibility index (Phi) is 3.54. The number of carbonyl (C=O) groups excluding carboxylic acids is 1. The lowest BCUT2D eigenvalue weighted by Gasteiger charge is -2.31. The Hall–Kier alpha value is -1.99. The number of non-ortho nitro benzene ring substituents is 1. The number of hydrogen-bond donors (Lipinski definition) is 1. The van der Waals surface area contributed by atoms with Gasteiger partial charge < -0.3 is 10.1 Å². The monoisotopic (exact) mass is 251 g/mol. The number of hydrogen-bond acceptors (Lipinski definition) is 5. The van der Waals surface area contributed by atoms with Crippen LogP contribution < -0.4 is 0 Å². The topological polar surface area (TPSA) is 86.9 Å². The lowest BCUT2D eigenvalue weighted by atomic mass is 10.1. The van der Waals surface area contributed by atoms with Gasteiger partial charge in [0.15, 0.2) is 0 Å². The zero-order valence-electron chi connectivity index (χ0n) is 9.65. The second-order valence-electron chi connectivity index (χ2n) is 4.05. The molecule has 96 valence electrons. The predicted molar refractivity (Wildman–Crippen MR) is 62.4 cm³/mol. The molecule has 1 aliphatic heterocycles. The molecule has 1 N–H and O–H groups in total. The van der Waals surface area contributed by atoms with Gasteiger partial charge in [-0.3, -0.25) is 14.9 Å². The number of hydroxylamine groups is 2. The van der Waals surface area contributed by atoms with Crippen molar-refractivity contribution in [2.24, 2.45) is 0 Å². The quantitative estimate of drug-likeness (QED) is 0.618. The Labute approximate surface area is 103 Å². The van der Waals surface area contributed by atoms with Gasteiger partial charge in [-0.15, -0.1) is 0 Å². The van der Waals surface area contributed by atoms with Crippen molar-refractivity contribution in [2.75, 3.05) is 26.2 Å². The molecule has 1 saturated heterocycles. The van der Waals surface area contributed by atoms with Gasteiger partial charge in [0.1, 0.15) is 0 Å². The highest BCUT2D eigenvalue weighted by Gasteiger charge is 2.21. The van der Waals surface area contributed by atoms with Crippen molar-refractivity contribution in [1.82, 2.24) is 9.96 Å². The Morgan fingerprint density at radius 2 is 1.72 bits per heavy atom. The fourth-order valence-electron chi connectivity index (χ4n) is 1.81. The average molecular weight is 251 g/mol. The molecule has 1 aromatic carbocycles. The highest BCUT2D eigenvalue weighted by atomic mass is 16.6. The van der Waals surface area contributed by atoms with E-state index in [2.05, 4.69) is 0 Å². The highest BCUT2D eigenvalue weighted by Crippen LogP contribution is 2.14. The van der Waals surface area contributed by atoms with Crippen LogP contribution in [0.4, 0.5) is 5.69 Å². The minimum absolute atomic E-state index is 0.0354. The lowest BCUT2D eigenvalue weighted by Crippen LogP contribution is -2.47. The molecule has 1 heterocycles. The summed E-state index contributed by atoms with van der Waals surface area (Å²) in [5.74, 6) is -0.169. The summed E-state index contributed by atoms with van der Waals surface area (Å²) in [4.78, 5) is 23.7. The predicted octanol–water partition coefficient (Wildman–Crippen LogP) is 0.742. The highest BCUT2D eigenvalue weighted by molar-refractivity contribution is 5.94. The van der Waals surface area contributed by atoms with E-state index in [1.807, 2.05) is 0 Å². The number of benzene rings is 1. The molecule has 2 rings (SSSR count). The SMILES string of the molecule is O=C(c1ccc([N+](=O)[O-])cc1)N1CCN(O)CC1. The molecule has 0 aliphatic carbocycles. The first-order valence-electron chi connectivity index (χ1n) is 5.55. The molecule has 7 heteroatoms. The molecule has 0 aromatic heterocycles. The number of carbonyl (C=O) groups is 1. The summed E-state index contributed by atoms with van der Waals surface area (Å²) >= 11 is 0. The fourth-order valence-corrected chi connectivity index (χ4v) is 1.81. The molecule has 1 fully saturated rings. The maximum absolute atomic E-state index is 12.0. The molecule has 18 heavy (non-hydrogen) atoms. The van der Waals surface area contributed by atoms with E-state index in [4.69, 9.17) is 0 Å². The van der Waals surface area contributed by atoms with Gasteiger partial charge in [-0.05, 0) is 12.1 Å². The molecular weight excluding hydrogens is 238 g/mol. The second-order valence-corrected chi connectivity index (χ2v) is 4.05. The lowest BCUT2D eigenvalue weighted by molar-refractivity contribution is -0.384. The summed E-state index contributed by atoms with van der Waals surface area (Å²) in [6.07, 6.45) is 0. The van der Waals surface area contributed by atoms with Crippen LogP contribution in [0.25, 0.3) is 0 Å². The van der Waals surface area contributed by atoms with E-state index in [1.165, 1.54) is 29.3 Å². The van der Waals surface area contributed by atoms with Crippen molar-refractivity contribution in [3.63, 3.8) is 0 Å². The van der Waals surface area contributed by atoms with Crippen LogP contribution in [-0.2, 0) is 0 Å². The number of nitro benzene ring substituents is 1. The molecule has 1 aromatic rings. The van der Waals surface area contributed by atoms with E-state index in [0.717, 1.165) is 0 Å². The van der Waals surface area contributed by atoms with Gasteiger partial charge in [0.25, 0.3) is 11.6 Å². The van der Waals surface area contributed by atoms with Crippen molar-refractivity contribution in [3.8, 4) is 0 Å². The molecule has 7 nitrogen and oxygen atoms in total. The molecule has 0 saturated carbocycles. The first-order valence-corrected chi connectivity index (χ1v) is 5.55. The molecule has 0 unspecified atom stereocenters. The van der Waals surface area contributed by atoms with Gasteiger partial charge in [0.05, 0.1) is 4.92 Å². The van der Waals surface area contributed by atoms with Gasteiger partial charge in [-0.25, -0.2) is 0 Å². The number of nitro groups is 1. The summed E-state index contributed by atoms with van der Waals surface area (Å²) < 4.78 is 0. The van der Waals surface area contributed by atoms with Crippen LogP contribution >= 0.6 is 0 Å². The van der Waals surface area contributed by atoms with E-state index in [0.29, 0.717) is 31.7 Å². The van der Waals surface area contributed by atoms with Crippen LogP contribution in [0.1, 0.15) is 10.4 Å². The maximum Gasteiger partial charge on any atom is 0.269 e. The van der Waals surface area contributed by atoms with Gasteiger partial charge in [0, 0.05) is 43.9 Å². The van der Waals surface area contributed by atoms with E-state index in [1.54, 1.807) is 4.90 Å². The minimum Gasteiger partial charge on any atom is -0.336 e. The molecule has 1 amide bonds. The molecular formula is C11H13N3O4. The second kappa shape index (κ2) is 5.11. The number of rotatable bonds is 2. The van der Waals surface area contributed by atoms with Crippen LogP contribution in [0.3, 0.4) is 0 Å². The van der Waals surface area contributed by atoms with E-state index in [9.17, 15) is 20.1 Å². The van der Waals surface area contributed by atoms with Gasteiger partial charge in [-0.1, -0.05) is 0 Å². The Bertz CT molecular complexity index is 452. The smallest absolute Gasteiger partial charge is 0.269 e. The zero-order chi connectivity index (χ0) is 13.1. The zero-order valence-corrected chi connectivity index (χ0v) is 9.65. The normalized spacial score (nSPS) is 16.6. The Morgan fingerprint density at radius 3 is 2.22 bits per heavy atom. The summed E-state index contributed by atoms with van der Waals surface area (Å²) in [7, 11) is 0. The molecule has 1 aliphatic rings. The van der Waals surface area contributed by atoms with E-state index in [-0.39, 0.29) is 11.6 Å². The van der Waals surface area contributed by atoms with Crippen molar-refractivity contribution in [2.45, 2.75) is 0 Å².